The highest BCUT2D eigenvalue weighted by Gasteiger charge is 2.07. The summed E-state index contributed by atoms with van der Waals surface area (Å²) in [6, 6.07) is 9.87. The van der Waals surface area contributed by atoms with E-state index in [-0.39, 0.29) is 0 Å². The minimum Gasteiger partial charge on any atom is -0.493 e. The van der Waals surface area contributed by atoms with E-state index in [2.05, 4.69) is 6.07 Å². The third-order valence-electron chi connectivity index (χ3n) is 3.49. The van der Waals surface area contributed by atoms with Gasteiger partial charge in [-0.15, -0.1) is 0 Å². The SMILES string of the molecule is COc1cc(C)ccc1OCCCOc1c(C)cc(C)cc1Cl. The molecule has 2 rings (SSSR count). The number of benzene rings is 2. The van der Waals surface area contributed by atoms with Crippen LogP contribution >= 0.6 is 11.6 Å². The van der Waals surface area contributed by atoms with Gasteiger partial charge >= 0.3 is 0 Å². The number of halogens is 1. The Kier molecular flexibility index (Phi) is 6.17. The van der Waals surface area contributed by atoms with Gasteiger partial charge < -0.3 is 14.2 Å². The molecule has 124 valence electrons. The van der Waals surface area contributed by atoms with E-state index in [0.29, 0.717) is 18.2 Å². The maximum Gasteiger partial charge on any atom is 0.161 e. The Morgan fingerprint density at radius 1 is 0.870 bits per heavy atom. The van der Waals surface area contributed by atoms with Crippen LogP contribution in [0.5, 0.6) is 17.2 Å². The summed E-state index contributed by atoms with van der Waals surface area (Å²) in [6.07, 6.45) is 0.765. The van der Waals surface area contributed by atoms with Gasteiger partial charge in [-0.05, 0) is 55.7 Å². The van der Waals surface area contributed by atoms with Crippen LogP contribution in [0.25, 0.3) is 0 Å². The van der Waals surface area contributed by atoms with Gasteiger partial charge in [0.05, 0.1) is 25.3 Å². The fraction of sp³-hybridized carbons (Fsp3) is 0.368. The molecule has 0 amide bonds. The first-order valence-electron chi connectivity index (χ1n) is 7.68. The van der Waals surface area contributed by atoms with Crippen molar-refractivity contribution in [1.29, 1.82) is 0 Å². The average molecular weight is 335 g/mol. The maximum atomic E-state index is 6.23. The van der Waals surface area contributed by atoms with Gasteiger partial charge in [-0.2, -0.15) is 0 Å². The average Bonchev–Trinajstić information content (AvgIpc) is 2.50. The van der Waals surface area contributed by atoms with Gasteiger partial charge in [-0.3, -0.25) is 0 Å². The van der Waals surface area contributed by atoms with Crippen LogP contribution in [0.15, 0.2) is 30.3 Å². The van der Waals surface area contributed by atoms with Gasteiger partial charge in [0.2, 0.25) is 0 Å². The highest BCUT2D eigenvalue weighted by molar-refractivity contribution is 6.32. The summed E-state index contributed by atoms with van der Waals surface area (Å²) in [6.45, 7) is 7.15. The van der Waals surface area contributed by atoms with Crippen molar-refractivity contribution in [3.8, 4) is 17.2 Å². The summed E-state index contributed by atoms with van der Waals surface area (Å²) >= 11 is 6.23. The Bertz CT molecular complexity index is 645. The first-order valence-corrected chi connectivity index (χ1v) is 8.06. The smallest absolute Gasteiger partial charge is 0.161 e. The van der Waals surface area contributed by atoms with Crippen molar-refractivity contribution in [2.75, 3.05) is 20.3 Å². The van der Waals surface area contributed by atoms with Crippen molar-refractivity contribution in [2.24, 2.45) is 0 Å². The Balaban J connectivity index is 1.83. The van der Waals surface area contributed by atoms with Crippen molar-refractivity contribution in [3.63, 3.8) is 0 Å². The zero-order valence-corrected chi connectivity index (χ0v) is 14.9. The predicted octanol–water partition coefficient (Wildman–Crippen LogP) is 5.12. The molecule has 0 saturated carbocycles. The predicted molar refractivity (Wildman–Crippen MR) is 94.3 cm³/mol. The van der Waals surface area contributed by atoms with E-state index in [1.54, 1.807) is 7.11 Å². The van der Waals surface area contributed by atoms with Gasteiger partial charge in [-0.1, -0.05) is 23.7 Å². The molecule has 0 atom stereocenters. The van der Waals surface area contributed by atoms with E-state index >= 15 is 0 Å². The Morgan fingerprint density at radius 3 is 2.30 bits per heavy atom. The number of ether oxygens (including phenoxy) is 3. The van der Waals surface area contributed by atoms with E-state index in [1.165, 1.54) is 0 Å². The summed E-state index contributed by atoms with van der Waals surface area (Å²) in [5.74, 6) is 2.26. The third kappa shape index (κ3) is 4.80. The molecular weight excluding hydrogens is 312 g/mol. The fourth-order valence-electron chi connectivity index (χ4n) is 2.39. The van der Waals surface area contributed by atoms with Crippen LogP contribution in [-0.2, 0) is 0 Å². The molecule has 0 N–H and O–H groups in total. The molecule has 0 unspecified atom stereocenters. The summed E-state index contributed by atoms with van der Waals surface area (Å²) in [4.78, 5) is 0. The largest absolute Gasteiger partial charge is 0.493 e. The lowest BCUT2D eigenvalue weighted by molar-refractivity contribution is 0.240. The van der Waals surface area contributed by atoms with Crippen LogP contribution in [0.3, 0.4) is 0 Å². The third-order valence-corrected chi connectivity index (χ3v) is 3.77. The monoisotopic (exact) mass is 334 g/mol. The number of rotatable bonds is 7. The van der Waals surface area contributed by atoms with Crippen LogP contribution in [-0.4, -0.2) is 20.3 Å². The minimum atomic E-state index is 0.553. The van der Waals surface area contributed by atoms with Crippen molar-refractivity contribution in [2.45, 2.75) is 27.2 Å². The molecule has 0 fully saturated rings. The standard InChI is InChI=1S/C19H23ClO3/c1-13-6-7-17(18(12-13)21-4)22-8-5-9-23-19-15(3)10-14(2)11-16(19)20/h6-7,10-12H,5,8-9H2,1-4H3. The van der Waals surface area contributed by atoms with Crippen LogP contribution in [0, 0.1) is 20.8 Å². The van der Waals surface area contributed by atoms with Gasteiger partial charge in [0, 0.05) is 6.42 Å². The molecule has 0 spiro atoms. The first-order chi connectivity index (χ1) is 11.0. The quantitative estimate of drug-likeness (QED) is 0.657. The van der Waals surface area contributed by atoms with E-state index in [1.807, 2.05) is 45.0 Å². The first kappa shape index (κ1) is 17.5. The Morgan fingerprint density at radius 2 is 1.61 bits per heavy atom. The van der Waals surface area contributed by atoms with E-state index in [4.69, 9.17) is 25.8 Å². The second kappa shape index (κ2) is 8.11. The van der Waals surface area contributed by atoms with Crippen LogP contribution in [0.2, 0.25) is 5.02 Å². The second-order valence-electron chi connectivity index (χ2n) is 5.60. The maximum absolute atomic E-state index is 6.23. The fourth-order valence-corrected chi connectivity index (χ4v) is 2.77. The van der Waals surface area contributed by atoms with Gasteiger partial charge in [0.1, 0.15) is 5.75 Å². The molecule has 0 aromatic heterocycles. The molecule has 0 aliphatic rings. The van der Waals surface area contributed by atoms with Crippen molar-refractivity contribution >= 4 is 11.6 Å². The van der Waals surface area contributed by atoms with Crippen LogP contribution in [0.1, 0.15) is 23.1 Å². The highest BCUT2D eigenvalue weighted by Crippen LogP contribution is 2.30. The highest BCUT2D eigenvalue weighted by atomic mass is 35.5. The molecule has 2 aromatic carbocycles. The van der Waals surface area contributed by atoms with Gasteiger partial charge in [0.15, 0.2) is 11.5 Å². The molecule has 0 bridgehead atoms. The van der Waals surface area contributed by atoms with E-state index in [9.17, 15) is 0 Å². The molecule has 0 aliphatic carbocycles. The lowest BCUT2D eigenvalue weighted by atomic mass is 10.1. The Hall–Kier alpha value is -1.87. The molecule has 4 heteroatoms. The molecular formula is C19H23ClO3. The van der Waals surface area contributed by atoms with Crippen molar-refractivity contribution in [3.05, 3.63) is 52.0 Å². The molecule has 0 heterocycles. The van der Waals surface area contributed by atoms with Crippen molar-refractivity contribution in [1.82, 2.24) is 0 Å². The lowest BCUT2D eigenvalue weighted by Gasteiger charge is -2.13. The Labute approximate surface area is 143 Å². The van der Waals surface area contributed by atoms with Gasteiger partial charge in [0.25, 0.3) is 0 Å². The summed E-state index contributed by atoms with van der Waals surface area (Å²) in [5.41, 5.74) is 3.33. The summed E-state index contributed by atoms with van der Waals surface area (Å²) in [7, 11) is 1.65. The van der Waals surface area contributed by atoms with Crippen LogP contribution < -0.4 is 14.2 Å². The molecule has 0 radical (unpaired) electrons. The molecule has 3 nitrogen and oxygen atoms in total. The minimum absolute atomic E-state index is 0.553. The zero-order chi connectivity index (χ0) is 16.8. The molecule has 23 heavy (non-hydrogen) atoms. The normalized spacial score (nSPS) is 10.5. The topological polar surface area (TPSA) is 27.7 Å². The number of methoxy groups -OCH3 is 1. The number of hydrogen-bond donors (Lipinski definition) is 0. The summed E-state index contributed by atoms with van der Waals surface area (Å²) < 4.78 is 16.9. The van der Waals surface area contributed by atoms with Crippen molar-refractivity contribution < 1.29 is 14.2 Å². The lowest BCUT2D eigenvalue weighted by Crippen LogP contribution is -2.06. The molecule has 0 saturated heterocycles. The zero-order valence-electron chi connectivity index (χ0n) is 14.1. The van der Waals surface area contributed by atoms with E-state index < -0.39 is 0 Å². The van der Waals surface area contributed by atoms with Crippen LogP contribution in [0.4, 0.5) is 0 Å². The number of aryl methyl sites for hydroxylation is 3. The number of hydrogen-bond acceptors (Lipinski definition) is 3. The van der Waals surface area contributed by atoms with Gasteiger partial charge in [-0.25, -0.2) is 0 Å². The summed E-state index contributed by atoms with van der Waals surface area (Å²) in [5, 5.41) is 0.656. The second-order valence-corrected chi connectivity index (χ2v) is 6.00. The molecule has 0 aliphatic heterocycles. The molecule has 2 aromatic rings. The van der Waals surface area contributed by atoms with E-state index in [0.717, 1.165) is 40.4 Å².